The van der Waals surface area contributed by atoms with Gasteiger partial charge in [-0.25, -0.2) is 0 Å². The Morgan fingerprint density at radius 3 is 2.02 bits per heavy atom. The summed E-state index contributed by atoms with van der Waals surface area (Å²) < 4.78 is 10.7. The minimum absolute atomic E-state index is 0.00676. The highest BCUT2D eigenvalue weighted by molar-refractivity contribution is 6.03. The van der Waals surface area contributed by atoms with E-state index in [4.69, 9.17) is 9.47 Å². The van der Waals surface area contributed by atoms with E-state index >= 15 is 0 Å². The van der Waals surface area contributed by atoms with Gasteiger partial charge in [0.05, 0.1) is 25.8 Å². The number of likely N-dealkylation sites (tertiary alicyclic amines) is 1. The zero-order valence-corrected chi connectivity index (χ0v) is 23.9. The molecule has 218 valence electrons. The highest BCUT2D eigenvalue weighted by Crippen LogP contribution is 2.29. The van der Waals surface area contributed by atoms with Crippen molar-refractivity contribution in [2.45, 2.75) is 37.8 Å². The van der Waals surface area contributed by atoms with Crippen LogP contribution < -0.4 is 25.4 Å². The SMILES string of the molecule is COc1ccc(OC)c(C(=O)N2CCC[C@H]2C(=O)Nc2ccc(/C=C/c3ccc(NC(=O)[C@@H]4CCCN4)cc3)cc2)c1. The minimum Gasteiger partial charge on any atom is -0.497 e. The van der Waals surface area contributed by atoms with Gasteiger partial charge in [0.2, 0.25) is 11.8 Å². The van der Waals surface area contributed by atoms with Gasteiger partial charge < -0.3 is 30.3 Å². The van der Waals surface area contributed by atoms with Crippen molar-refractivity contribution in [3.63, 3.8) is 0 Å². The predicted octanol–water partition coefficient (Wildman–Crippen LogP) is 4.81. The first kappa shape index (κ1) is 28.9. The smallest absolute Gasteiger partial charge is 0.258 e. The van der Waals surface area contributed by atoms with Gasteiger partial charge in [0.25, 0.3) is 5.91 Å². The minimum atomic E-state index is -0.574. The van der Waals surface area contributed by atoms with Gasteiger partial charge in [0.15, 0.2) is 0 Å². The van der Waals surface area contributed by atoms with Crippen LogP contribution in [0.2, 0.25) is 0 Å². The number of hydrogen-bond donors (Lipinski definition) is 3. The highest BCUT2D eigenvalue weighted by atomic mass is 16.5. The summed E-state index contributed by atoms with van der Waals surface area (Å²) >= 11 is 0. The molecule has 2 aliphatic heterocycles. The van der Waals surface area contributed by atoms with Crippen LogP contribution in [0.4, 0.5) is 11.4 Å². The van der Waals surface area contributed by atoms with Crippen LogP contribution in [0.25, 0.3) is 12.2 Å². The highest BCUT2D eigenvalue weighted by Gasteiger charge is 2.35. The van der Waals surface area contributed by atoms with Gasteiger partial charge >= 0.3 is 0 Å². The molecule has 0 radical (unpaired) electrons. The molecule has 3 N–H and O–H groups in total. The van der Waals surface area contributed by atoms with Crippen LogP contribution >= 0.6 is 0 Å². The number of carbonyl (C=O) groups is 3. The first-order chi connectivity index (χ1) is 20.4. The Hall–Kier alpha value is -4.63. The number of methoxy groups -OCH3 is 2. The molecule has 0 aromatic heterocycles. The summed E-state index contributed by atoms with van der Waals surface area (Å²) in [7, 11) is 3.05. The largest absolute Gasteiger partial charge is 0.497 e. The van der Waals surface area contributed by atoms with Gasteiger partial charge in [-0.3, -0.25) is 14.4 Å². The molecule has 2 heterocycles. The molecular formula is C33H36N4O5. The van der Waals surface area contributed by atoms with Crippen LogP contribution in [0.5, 0.6) is 11.5 Å². The molecule has 2 atom stereocenters. The average Bonchev–Trinajstić information content (AvgIpc) is 3.74. The number of nitrogens with zero attached hydrogens (tertiary/aromatic N) is 1. The van der Waals surface area contributed by atoms with Crippen molar-refractivity contribution in [2.75, 3.05) is 37.9 Å². The lowest BCUT2D eigenvalue weighted by Crippen LogP contribution is -2.43. The van der Waals surface area contributed by atoms with E-state index in [1.807, 2.05) is 60.7 Å². The zero-order chi connectivity index (χ0) is 29.5. The monoisotopic (exact) mass is 568 g/mol. The van der Waals surface area contributed by atoms with E-state index in [1.54, 1.807) is 30.2 Å². The van der Waals surface area contributed by atoms with Crippen molar-refractivity contribution in [2.24, 2.45) is 0 Å². The summed E-state index contributed by atoms with van der Waals surface area (Å²) in [6.45, 7) is 1.38. The molecule has 9 nitrogen and oxygen atoms in total. The summed E-state index contributed by atoms with van der Waals surface area (Å²) in [5.74, 6) is 0.515. The van der Waals surface area contributed by atoms with Crippen LogP contribution in [0.15, 0.2) is 66.7 Å². The Kier molecular flexibility index (Phi) is 9.18. The van der Waals surface area contributed by atoms with Gasteiger partial charge in [0, 0.05) is 17.9 Å². The molecule has 3 aromatic carbocycles. The molecule has 5 rings (SSSR count). The summed E-state index contributed by atoms with van der Waals surface area (Å²) in [5, 5.41) is 9.13. The number of rotatable bonds is 9. The third-order valence-electron chi connectivity index (χ3n) is 7.65. The lowest BCUT2D eigenvalue weighted by atomic mass is 10.1. The number of hydrogen-bond acceptors (Lipinski definition) is 6. The third-order valence-corrected chi connectivity index (χ3v) is 7.65. The second-order valence-electron chi connectivity index (χ2n) is 10.4. The lowest BCUT2D eigenvalue weighted by Gasteiger charge is -2.25. The van der Waals surface area contributed by atoms with Crippen LogP contribution in [0, 0.1) is 0 Å². The van der Waals surface area contributed by atoms with E-state index in [0.717, 1.165) is 42.6 Å². The first-order valence-corrected chi connectivity index (χ1v) is 14.2. The van der Waals surface area contributed by atoms with Gasteiger partial charge in [-0.2, -0.15) is 0 Å². The number of ether oxygens (including phenoxy) is 2. The number of carbonyl (C=O) groups excluding carboxylic acids is 3. The zero-order valence-electron chi connectivity index (χ0n) is 23.9. The maximum atomic E-state index is 13.4. The molecule has 9 heteroatoms. The molecular weight excluding hydrogens is 532 g/mol. The molecule has 0 aliphatic carbocycles. The van der Waals surface area contributed by atoms with Crippen LogP contribution in [-0.4, -0.2) is 62.0 Å². The Morgan fingerprint density at radius 2 is 1.45 bits per heavy atom. The molecule has 3 aromatic rings. The average molecular weight is 569 g/mol. The fourth-order valence-electron chi connectivity index (χ4n) is 5.33. The molecule has 42 heavy (non-hydrogen) atoms. The van der Waals surface area contributed by atoms with Gasteiger partial charge in [-0.1, -0.05) is 36.4 Å². The summed E-state index contributed by atoms with van der Waals surface area (Å²) in [6.07, 6.45) is 7.20. The summed E-state index contributed by atoms with van der Waals surface area (Å²) in [5.41, 5.74) is 3.78. The molecule has 2 saturated heterocycles. The third kappa shape index (κ3) is 6.80. The second kappa shape index (κ2) is 13.4. The van der Waals surface area contributed by atoms with Crippen molar-refractivity contribution < 1.29 is 23.9 Å². The van der Waals surface area contributed by atoms with Crippen molar-refractivity contribution >= 4 is 41.2 Å². The van der Waals surface area contributed by atoms with Crippen molar-refractivity contribution in [1.82, 2.24) is 10.2 Å². The molecule has 0 bridgehead atoms. The summed E-state index contributed by atoms with van der Waals surface area (Å²) in [6, 6.07) is 19.6. The lowest BCUT2D eigenvalue weighted by molar-refractivity contribution is -0.120. The standard InChI is InChI=1S/C33H36N4O5/c1-41-26-17-18-30(42-2)27(21-26)33(40)37-20-4-6-29(37)32(39)36-25-15-11-23(12-16-25)8-7-22-9-13-24(14-10-22)35-31(38)28-5-3-19-34-28/h7-18,21,28-29,34H,3-6,19-20H2,1-2H3,(H,35,38)(H,36,39)/b8-7+/t28-,29-/m0/s1. The Labute approximate surface area is 245 Å². The Balaban J connectivity index is 1.17. The predicted molar refractivity (Wildman–Crippen MR) is 164 cm³/mol. The van der Waals surface area contributed by atoms with Crippen molar-refractivity contribution in [1.29, 1.82) is 0 Å². The maximum Gasteiger partial charge on any atom is 0.258 e. The van der Waals surface area contributed by atoms with Crippen molar-refractivity contribution in [3.8, 4) is 11.5 Å². The second-order valence-corrected chi connectivity index (χ2v) is 10.4. The maximum absolute atomic E-state index is 13.4. The van der Waals surface area contributed by atoms with E-state index in [0.29, 0.717) is 35.7 Å². The first-order valence-electron chi connectivity index (χ1n) is 14.2. The van der Waals surface area contributed by atoms with Gasteiger partial charge in [0.1, 0.15) is 17.5 Å². The molecule has 3 amide bonds. The molecule has 2 fully saturated rings. The van der Waals surface area contributed by atoms with Gasteiger partial charge in [-0.15, -0.1) is 0 Å². The van der Waals surface area contributed by atoms with Crippen LogP contribution in [0.1, 0.15) is 47.2 Å². The van der Waals surface area contributed by atoms with Crippen LogP contribution in [0.3, 0.4) is 0 Å². The molecule has 0 unspecified atom stereocenters. The quantitative estimate of drug-likeness (QED) is 0.320. The van der Waals surface area contributed by atoms with Gasteiger partial charge in [-0.05, 0) is 85.8 Å². The van der Waals surface area contributed by atoms with E-state index < -0.39 is 6.04 Å². The Bertz CT molecular complexity index is 1450. The van der Waals surface area contributed by atoms with Crippen molar-refractivity contribution in [3.05, 3.63) is 83.4 Å². The molecule has 0 spiro atoms. The normalized spacial score (nSPS) is 18.2. The van der Waals surface area contributed by atoms with E-state index in [-0.39, 0.29) is 23.8 Å². The van der Waals surface area contributed by atoms with Crippen LogP contribution in [-0.2, 0) is 9.59 Å². The summed E-state index contributed by atoms with van der Waals surface area (Å²) in [4.78, 5) is 40.5. The number of nitrogens with one attached hydrogen (secondary N) is 3. The Morgan fingerprint density at radius 1 is 0.810 bits per heavy atom. The fraction of sp³-hybridized carbons (Fsp3) is 0.303. The number of amides is 3. The topological polar surface area (TPSA) is 109 Å². The fourth-order valence-corrected chi connectivity index (χ4v) is 5.33. The number of benzene rings is 3. The molecule has 0 saturated carbocycles. The van der Waals surface area contributed by atoms with E-state index in [2.05, 4.69) is 16.0 Å². The number of anilines is 2. The molecule has 2 aliphatic rings. The van der Waals surface area contributed by atoms with E-state index in [1.165, 1.54) is 7.11 Å². The van der Waals surface area contributed by atoms with E-state index in [9.17, 15) is 14.4 Å².